The fourth-order valence-electron chi connectivity index (χ4n) is 3.12. The summed E-state index contributed by atoms with van der Waals surface area (Å²) in [6.45, 7) is 2.77. The van der Waals surface area contributed by atoms with Crippen molar-refractivity contribution in [2.24, 2.45) is 0 Å². The Morgan fingerprint density at radius 2 is 1.85 bits per heavy atom. The molecule has 0 heterocycles. The quantitative estimate of drug-likeness (QED) is 0.439. The third-order valence-corrected chi connectivity index (χ3v) is 5.43. The van der Waals surface area contributed by atoms with Crippen LogP contribution in [0.3, 0.4) is 0 Å². The highest BCUT2D eigenvalue weighted by molar-refractivity contribution is 6.34. The van der Waals surface area contributed by atoms with E-state index < -0.39 is 58.5 Å². The number of nitrogens with one attached hydrogen (secondary N) is 2. The van der Waals surface area contributed by atoms with Gasteiger partial charge in [-0.15, -0.1) is 0 Å². The Bertz CT molecular complexity index is 1070. The number of anilines is 2. The predicted octanol–water partition coefficient (Wildman–Crippen LogP) is 6.22. The maximum atomic E-state index is 14.8. The topological polar surface area (TPSA) is 70.7 Å². The zero-order chi connectivity index (χ0) is 25.2. The van der Waals surface area contributed by atoms with E-state index in [0.29, 0.717) is 19.5 Å². The van der Waals surface area contributed by atoms with Gasteiger partial charge < -0.3 is 20.3 Å². The number of urea groups is 1. The first kappa shape index (κ1) is 25.5. The molecular weight excluding hydrogens is 485 g/mol. The number of ether oxygens (including phenoxy) is 1. The summed E-state index contributed by atoms with van der Waals surface area (Å²) in [7, 11) is 0. The highest BCUT2D eigenvalue weighted by atomic mass is 35.5. The normalized spacial score (nSPS) is 14.4. The van der Waals surface area contributed by atoms with Gasteiger partial charge in [0.05, 0.1) is 22.0 Å². The molecule has 0 saturated heterocycles. The molecule has 0 radical (unpaired) electrons. The van der Waals surface area contributed by atoms with Crippen LogP contribution >= 0.6 is 11.6 Å². The number of rotatable bonds is 7. The van der Waals surface area contributed by atoms with E-state index in [2.05, 4.69) is 10.6 Å². The fraction of sp³-hybridized carbons (Fsp3) is 0.364. The average molecular weight is 506 g/mol. The largest absolute Gasteiger partial charge is 0.480 e. The van der Waals surface area contributed by atoms with Crippen molar-refractivity contribution in [3.63, 3.8) is 0 Å². The second-order valence-electron chi connectivity index (χ2n) is 7.63. The van der Waals surface area contributed by atoms with Gasteiger partial charge in [0.25, 0.3) is 5.91 Å². The molecule has 0 spiro atoms. The van der Waals surface area contributed by atoms with Crippen molar-refractivity contribution in [3.8, 4) is 5.75 Å². The Hall–Kier alpha value is -3.08. The van der Waals surface area contributed by atoms with Gasteiger partial charge in [-0.3, -0.25) is 4.79 Å². The molecule has 1 unspecified atom stereocenters. The lowest BCUT2D eigenvalue weighted by Crippen LogP contribution is -2.36. The van der Waals surface area contributed by atoms with Crippen molar-refractivity contribution in [1.29, 1.82) is 0 Å². The van der Waals surface area contributed by atoms with E-state index in [9.17, 15) is 31.5 Å². The van der Waals surface area contributed by atoms with Crippen molar-refractivity contribution in [3.05, 3.63) is 52.6 Å². The number of halogens is 6. The Morgan fingerprint density at radius 1 is 1.18 bits per heavy atom. The standard InChI is InChI=1S/C22H21ClF5N3O3/c1-3-31(12-7-8-12)21(33)29-17-10-18(34-11(2)22(26,27)28)13(9-16(17)25)20(32)30-19-14(23)5-4-6-15(19)24/h4-6,9-12H,3,7-8H2,1-2H3,(H,29,33)(H,30,32). The minimum atomic E-state index is -4.80. The molecule has 2 aromatic rings. The second kappa shape index (κ2) is 10.0. The second-order valence-corrected chi connectivity index (χ2v) is 8.04. The van der Waals surface area contributed by atoms with E-state index in [0.717, 1.165) is 25.0 Å². The molecular formula is C22H21ClF5N3O3. The van der Waals surface area contributed by atoms with Crippen molar-refractivity contribution in [2.75, 3.05) is 17.2 Å². The summed E-state index contributed by atoms with van der Waals surface area (Å²) < 4.78 is 73.1. The SMILES string of the molecule is CCN(C(=O)Nc1cc(OC(C)C(F)(F)F)c(C(=O)Nc2c(F)cccc2Cl)cc1F)C1CC1. The number of carbonyl (C=O) groups is 2. The molecule has 1 aliphatic carbocycles. The number of alkyl halides is 3. The Morgan fingerprint density at radius 3 is 2.41 bits per heavy atom. The molecule has 1 atom stereocenters. The van der Waals surface area contributed by atoms with Crippen LogP contribution in [-0.4, -0.2) is 41.7 Å². The van der Waals surface area contributed by atoms with Gasteiger partial charge in [-0.1, -0.05) is 17.7 Å². The number of carbonyl (C=O) groups excluding carboxylic acids is 2. The molecule has 1 fully saturated rings. The smallest absolute Gasteiger partial charge is 0.425 e. The molecule has 2 N–H and O–H groups in total. The summed E-state index contributed by atoms with van der Waals surface area (Å²) in [5, 5.41) is 4.25. The van der Waals surface area contributed by atoms with Gasteiger partial charge in [-0.05, 0) is 44.9 Å². The van der Waals surface area contributed by atoms with Gasteiger partial charge in [-0.2, -0.15) is 13.2 Å². The first-order valence-electron chi connectivity index (χ1n) is 10.3. The molecule has 3 rings (SSSR count). The molecule has 0 bridgehead atoms. The summed E-state index contributed by atoms with van der Waals surface area (Å²) in [6, 6.07) is 4.31. The molecule has 2 aromatic carbocycles. The molecule has 0 aromatic heterocycles. The van der Waals surface area contributed by atoms with Gasteiger partial charge in [0.1, 0.15) is 17.4 Å². The molecule has 6 nitrogen and oxygen atoms in total. The van der Waals surface area contributed by atoms with Gasteiger partial charge in [0.15, 0.2) is 6.10 Å². The van der Waals surface area contributed by atoms with Gasteiger partial charge in [-0.25, -0.2) is 13.6 Å². The number of hydrogen-bond donors (Lipinski definition) is 2. The average Bonchev–Trinajstić information content (AvgIpc) is 3.57. The molecule has 0 aliphatic heterocycles. The van der Waals surface area contributed by atoms with Crippen LogP contribution in [0, 0.1) is 11.6 Å². The summed E-state index contributed by atoms with van der Waals surface area (Å²) in [5.41, 5.74) is -1.57. The Kier molecular flexibility index (Phi) is 7.54. The summed E-state index contributed by atoms with van der Waals surface area (Å²) in [5.74, 6) is -3.84. The monoisotopic (exact) mass is 505 g/mol. The maximum Gasteiger partial charge on any atom is 0.425 e. The number of hydrogen-bond acceptors (Lipinski definition) is 3. The van der Waals surface area contributed by atoms with E-state index in [4.69, 9.17) is 16.3 Å². The minimum absolute atomic E-state index is 0.00426. The highest BCUT2D eigenvalue weighted by Crippen LogP contribution is 2.34. The van der Waals surface area contributed by atoms with Crippen LogP contribution in [0.4, 0.5) is 38.1 Å². The van der Waals surface area contributed by atoms with Crippen molar-refractivity contribution >= 4 is 34.9 Å². The van der Waals surface area contributed by atoms with E-state index in [-0.39, 0.29) is 11.1 Å². The van der Waals surface area contributed by atoms with E-state index >= 15 is 0 Å². The maximum absolute atomic E-state index is 14.8. The fourth-order valence-corrected chi connectivity index (χ4v) is 3.33. The zero-order valence-electron chi connectivity index (χ0n) is 18.1. The third kappa shape index (κ3) is 5.88. The first-order chi connectivity index (χ1) is 15.9. The van der Waals surface area contributed by atoms with Crippen molar-refractivity contribution < 1.29 is 36.3 Å². The van der Waals surface area contributed by atoms with Crippen LogP contribution in [-0.2, 0) is 0 Å². The van der Waals surface area contributed by atoms with E-state index in [1.54, 1.807) is 6.92 Å². The first-order valence-corrected chi connectivity index (χ1v) is 10.7. The lowest BCUT2D eigenvalue weighted by atomic mass is 10.1. The number of nitrogens with zero attached hydrogens (tertiary/aromatic N) is 1. The molecule has 184 valence electrons. The minimum Gasteiger partial charge on any atom is -0.480 e. The Labute approximate surface area is 197 Å². The van der Waals surface area contributed by atoms with E-state index in [1.807, 2.05) is 0 Å². The van der Waals surface area contributed by atoms with Crippen LogP contribution in [0.5, 0.6) is 5.75 Å². The zero-order valence-corrected chi connectivity index (χ0v) is 18.9. The highest BCUT2D eigenvalue weighted by Gasteiger charge is 2.39. The van der Waals surface area contributed by atoms with E-state index in [1.165, 1.54) is 17.0 Å². The van der Waals surface area contributed by atoms with Crippen LogP contribution < -0.4 is 15.4 Å². The summed E-state index contributed by atoms with van der Waals surface area (Å²) >= 11 is 5.87. The molecule has 1 aliphatic rings. The van der Waals surface area contributed by atoms with Gasteiger partial charge in [0, 0.05) is 18.7 Å². The van der Waals surface area contributed by atoms with Crippen molar-refractivity contribution in [1.82, 2.24) is 4.90 Å². The Balaban J connectivity index is 1.96. The van der Waals surface area contributed by atoms with Gasteiger partial charge in [0.2, 0.25) is 0 Å². The van der Waals surface area contributed by atoms with Crippen LogP contribution in [0.2, 0.25) is 5.02 Å². The summed E-state index contributed by atoms with van der Waals surface area (Å²) in [4.78, 5) is 26.7. The van der Waals surface area contributed by atoms with Crippen LogP contribution in [0.15, 0.2) is 30.3 Å². The molecule has 12 heteroatoms. The number of para-hydroxylation sites is 1. The molecule has 1 saturated carbocycles. The third-order valence-electron chi connectivity index (χ3n) is 5.11. The van der Waals surface area contributed by atoms with Crippen LogP contribution in [0.25, 0.3) is 0 Å². The van der Waals surface area contributed by atoms with Crippen LogP contribution in [0.1, 0.15) is 37.0 Å². The molecule has 3 amide bonds. The summed E-state index contributed by atoms with van der Waals surface area (Å²) in [6.07, 6.45) is -5.59. The van der Waals surface area contributed by atoms with Gasteiger partial charge >= 0.3 is 12.2 Å². The van der Waals surface area contributed by atoms with Crippen molar-refractivity contribution in [2.45, 2.75) is 45.0 Å². The number of amides is 3. The molecule has 34 heavy (non-hydrogen) atoms. The number of benzene rings is 2. The predicted molar refractivity (Wildman–Crippen MR) is 116 cm³/mol. The lowest BCUT2D eigenvalue weighted by molar-refractivity contribution is -0.189. The lowest BCUT2D eigenvalue weighted by Gasteiger charge is -2.23.